The Bertz CT molecular complexity index is 545. The molecule has 0 heterocycles. The first-order valence-electron chi connectivity index (χ1n) is 6.76. The fraction of sp³-hybridized carbons (Fsp3) is 0.500. The number of nitro benzene ring substituents is 1. The number of nitrogens with zero attached hydrogens (tertiary/aromatic N) is 1. The summed E-state index contributed by atoms with van der Waals surface area (Å²) in [6, 6.07) is 2.22. The van der Waals surface area contributed by atoms with E-state index in [1.807, 2.05) is 20.8 Å². The van der Waals surface area contributed by atoms with Gasteiger partial charge < -0.3 is 5.32 Å². The van der Waals surface area contributed by atoms with E-state index >= 15 is 0 Å². The standard InChI is InChI=1S/C14H18Cl2N2O3/c1-4-9(5-2)8(3)17-14(19)11-6-10(18(20)21)7-12(15)13(11)16/h6-9H,4-5H2,1-3H3,(H,17,19). The molecule has 1 rings (SSSR count). The maximum atomic E-state index is 12.3. The summed E-state index contributed by atoms with van der Waals surface area (Å²) < 4.78 is 0. The highest BCUT2D eigenvalue weighted by atomic mass is 35.5. The molecule has 0 spiro atoms. The highest BCUT2D eigenvalue weighted by Crippen LogP contribution is 2.31. The number of hydrogen-bond acceptors (Lipinski definition) is 3. The first-order valence-corrected chi connectivity index (χ1v) is 7.51. The minimum Gasteiger partial charge on any atom is -0.349 e. The Labute approximate surface area is 133 Å². The van der Waals surface area contributed by atoms with Crippen molar-refractivity contribution in [3.8, 4) is 0 Å². The van der Waals surface area contributed by atoms with Crippen molar-refractivity contribution in [1.82, 2.24) is 5.32 Å². The summed E-state index contributed by atoms with van der Waals surface area (Å²) in [4.78, 5) is 22.5. The van der Waals surface area contributed by atoms with Crippen LogP contribution in [-0.2, 0) is 0 Å². The van der Waals surface area contributed by atoms with Gasteiger partial charge in [-0.15, -0.1) is 0 Å². The Morgan fingerprint density at radius 1 is 1.33 bits per heavy atom. The van der Waals surface area contributed by atoms with Gasteiger partial charge in [0.05, 0.1) is 20.5 Å². The van der Waals surface area contributed by atoms with Gasteiger partial charge in [0.2, 0.25) is 0 Å². The van der Waals surface area contributed by atoms with E-state index in [0.717, 1.165) is 25.0 Å². The molecule has 0 fully saturated rings. The lowest BCUT2D eigenvalue weighted by Gasteiger charge is -2.22. The van der Waals surface area contributed by atoms with Crippen LogP contribution >= 0.6 is 23.2 Å². The van der Waals surface area contributed by atoms with Gasteiger partial charge in [-0.2, -0.15) is 0 Å². The van der Waals surface area contributed by atoms with Gasteiger partial charge in [0, 0.05) is 18.2 Å². The van der Waals surface area contributed by atoms with Crippen LogP contribution in [0.1, 0.15) is 44.0 Å². The first kappa shape index (κ1) is 17.7. The number of nitro groups is 1. The Balaban J connectivity index is 3.04. The van der Waals surface area contributed by atoms with Crippen molar-refractivity contribution in [2.75, 3.05) is 0 Å². The lowest BCUT2D eigenvalue weighted by atomic mass is 9.95. The SMILES string of the molecule is CCC(CC)C(C)NC(=O)c1cc([N+](=O)[O-])cc(Cl)c1Cl. The van der Waals surface area contributed by atoms with Gasteiger partial charge in [-0.05, 0) is 12.8 Å². The molecule has 0 aromatic heterocycles. The molecule has 0 aliphatic heterocycles. The monoisotopic (exact) mass is 332 g/mol. The molecule has 1 atom stereocenters. The van der Waals surface area contributed by atoms with E-state index in [9.17, 15) is 14.9 Å². The van der Waals surface area contributed by atoms with Crippen molar-refractivity contribution >= 4 is 34.8 Å². The zero-order valence-electron chi connectivity index (χ0n) is 12.2. The van der Waals surface area contributed by atoms with Crippen molar-refractivity contribution in [2.45, 2.75) is 39.7 Å². The number of hydrogen-bond donors (Lipinski definition) is 1. The molecule has 1 unspecified atom stereocenters. The number of carbonyl (C=O) groups is 1. The molecule has 7 heteroatoms. The van der Waals surface area contributed by atoms with E-state index in [0.29, 0.717) is 5.92 Å². The largest absolute Gasteiger partial charge is 0.349 e. The molecular formula is C14H18Cl2N2O3. The van der Waals surface area contributed by atoms with Crippen LogP contribution in [0.25, 0.3) is 0 Å². The van der Waals surface area contributed by atoms with E-state index in [2.05, 4.69) is 5.32 Å². The van der Waals surface area contributed by atoms with Gasteiger partial charge in [0.1, 0.15) is 0 Å². The average Bonchev–Trinajstić information content (AvgIpc) is 2.42. The van der Waals surface area contributed by atoms with Gasteiger partial charge in [0.25, 0.3) is 11.6 Å². The molecule has 116 valence electrons. The predicted molar refractivity (Wildman–Crippen MR) is 84.1 cm³/mol. The summed E-state index contributed by atoms with van der Waals surface area (Å²) in [6.07, 6.45) is 1.86. The second-order valence-corrected chi connectivity index (χ2v) is 5.67. The molecule has 1 N–H and O–H groups in total. The molecule has 1 aromatic carbocycles. The molecule has 21 heavy (non-hydrogen) atoms. The molecule has 1 aromatic rings. The summed E-state index contributed by atoms with van der Waals surface area (Å²) in [7, 11) is 0. The van der Waals surface area contributed by atoms with E-state index in [1.54, 1.807) is 0 Å². The van der Waals surface area contributed by atoms with Gasteiger partial charge in [-0.1, -0.05) is 49.9 Å². The molecule has 0 aliphatic carbocycles. The lowest BCUT2D eigenvalue weighted by molar-refractivity contribution is -0.384. The van der Waals surface area contributed by atoms with E-state index < -0.39 is 10.8 Å². The number of non-ortho nitro benzene ring substituents is 1. The molecule has 5 nitrogen and oxygen atoms in total. The first-order chi connectivity index (χ1) is 9.81. The zero-order chi connectivity index (χ0) is 16.2. The molecule has 1 amide bonds. The van der Waals surface area contributed by atoms with Crippen LogP contribution in [-0.4, -0.2) is 16.9 Å². The molecular weight excluding hydrogens is 315 g/mol. The van der Waals surface area contributed by atoms with Gasteiger partial charge in [-0.3, -0.25) is 14.9 Å². The number of benzene rings is 1. The normalized spacial score (nSPS) is 12.3. The third kappa shape index (κ3) is 4.32. The second-order valence-electron chi connectivity index (χ2n) is 4.88. The minimum absolute atomic E-state index is 0.00815. The maximum Gasteiger partial charge on any atom is 0.271 e. The lowest BCUT2D eigenvalue weighted by Crippen LogP contribution is -2.37. The fourth-order valence-electron chi connectivity index (χ4n) is 2.24. The summed E-state index contributed by atoms with van der Waals surface area (Å²) in [5, 5.41) is 13.7. The molecule has 0 radical (unpaired) electrons. The quantitative estimate of drug-likeness (QED) is 0.617. The van der Waals surface area contributed by atoms with E-state index in [-0.39, 0.29) is 27.3 Å². The van der Waals surface area contributed by atoms with Crippen molar-refractivity contribution in [1.29, 1.82) is 0 Å². The van der Waals surface area contributed by atoms with Crippen LogP contribution in [0, 0.1) is 16.0 Å². The van der Waals surface area contributed by atoms with Crippen LogP contribution in [0.5, 0.6) is 0 Å². The molecule has 0 saturated carbocycles. The number of amides is 1. The third-order valence-electron chi connectivity index (χ3n) is 3.58. The van der Waals surface area contributed by atoms with Crippen molar-refractivity contribution in [3.05, 3.63) is 37.9 Å². The minimum atomic E-state index is -0.608. The van der Waals surface area contributed by atoms with E-state index in [1.165, 1.54) is 0 Å². The van der Waals surface area contributed by atoms with Crippen LogP contribution in [0.2, 0.25) is 10.0 Å². The Morgan fingerprint density at radius 3 is 2.38 bits per heavy atom. The number of nitrogens with one attached hydrogen (secondary N) is 1. The fourth-order valence-corrected chi connectivity index (χ4v) is 2.65. The van der Waals surface area contributed by atoms with Gasteiger partial charge in [-0.25, -0.2) is 0 Å². The molecule has 0 aliphatic rings. The Morgan fingerprint density at radius 2 is 1.90 bits per heavy atom. The number of halogens is 2. The zero-order valence-corrected chi connectivity index (χ0v) is 13.7. The summed E-state index contributed by atoms with van der Waals surface area (Å²) in [5.41, 5.74) is -0.238. The van der Waals surface area contributed by atoms with Crippen molar-refractivity contribution in [2.24, 2.45) is 5.92 Å². The topological polar surface area (TPSA) is 72.2 Å². The maximum absolute atomic E-state index is 12.3. The van der Waals surface area contributed by atoms with Crippen LogP contribution < -0.4 is 5.32 Å². The molecule has 0 bridgehead atoms. The summed E-state index contributed by atoms with van der Waals surface area (Å²) >= 11 is 11.8. The molecule has 0 saturated heterocycles. The smallest absolute Gasteiger partial charge is 0.271 e. The summed E-state index contributed by atoms with van der Waals surface area (Å²) in [5.74, 6) is -0.119. The van der Waals surface area contributed by atoms with Crippen LogP contribution in [0.15, 0.2) is 12.1 Å². The Kier molecular flexibility index (Phi) is 6.42. The predicted octanol–water partition coefficient (Wildman–Crippen LogP) is 4.46. The highest BCUT2D eigenvalue weighted by molar-refractivity contribution is 6.44. The van der Waals surface area contributed by atoms with Crippen LogP contribution in [0.3, 0.4) is 0 Å². The average molecular weight is 333 g/mol. The van der Waals surface area contributed by atoms with Crippen molar-refractivity contribution < 1.29 is 9.72 Å². The summed E-state index contributed by atoms with van der Waals surface area (Å²) in [6.45, 7) is 6.00. The number of rotatable bonds is 6. The van der Waals surface area contributed by atoms with Crippen LogP contribution in [0.4, 0.5) is 5.69 Å². The van der Waals surface area contributed by atoms with Gasteiger partial charge >= 0.3 is 0 Å². The van der Waals surface area contributed by atoms with Crippen molar-refractivity contribution in [3.63, 3.8) is 0 Å². The Hall–Kier alpha value is -1.33. The second kappa shape index (κ2) is 7.61. The third-order valence-corrected chi connectivity index (χ3v) is 4.39. The van der Waals surface area contributed by atoms with Gasteiger partial charge in [0.15, 0.2) is 0 Å². The highest BCUT2D eigenvalue weighted by Gasteiger charge is 2.22. The number of carbonyl (C=O) groups excluding carboxylic acids is 1. The van der Waals surface area contributed by atoms with E-state index in [4.69, 9.17) is 23.2 Å².